The second kappa shape index (κ2) is 4.80. The van der Waals surface area contributed by atoms with Crippen LogP contribution in [0.3, 0.4) is 0 Å². The smallest absolute Gasteiger partial charge is 1.00 e. The summed E-state index contributed by atoms with van der Waals surface area (Å²) in [5.74, 6) is 0. The number of rotatable bonds is 1. The largest absolute Gasteiger partial charge is 2.00 e. The molecule has 0 bridgehead atoms. The summed E-state index contributed by atoms with van der Waals surface area (Å²) >= 11 is 0. The number of benzene rings is 1. The Morgan fingerprint density at radius 1 is 1.25 bits per heavy atom. The Balaban J connectivity index is -0.000000403. The van der Waals surface area contributed by atoms with E-state index in [0.717, 1.165) is 5.56 Å². The molecule has 12 heavy (non-hydrogen) atoms. The molecule has 0 amide bonds. The van der Waals surface area contributed by atoms with Crippen molar-refractivity contribution in [2.24, 2.45) is 0 Å². The van der Waals surface area contributed by atoms with Gasteiger partial charge in [-0.05, 0) is 19.1 Å². The predicted octanol–water partition coefficient (Wildman–Crippen LogP) is 1.09. The molecule has 1 rings (SSSR count). The summed E-state index contributed by atoms with van der Waals surface area (Å²) in [6, 6.07) is 5.99. The van der Waals surface area contributed by atoms with E-state index in [1.807, 2.05) is 6.92 Å². The molecule has 0 aliphatic carbocycles. The molecule has 0 saturated heterocycles. The average Bonchev–Trinajstić information content (AvgIpc) is 1.86. The molecular formula is C7H10BaO3S. The zero-order chi connectivity index (χ0) is 8.48. The van der Waals surface area contributed by atoms with Crippen LogP contribution in [0, 0.1) is 6.92 Å². The number of aryl methyl sites for hydroxylation is 1. The standard InChI is InChI=1S/C7H8O3S.Ba.2H/c1-6-2-4-7(5-3-6)11(8,9)10;;;/h2-5H,1H3,(H,8,9,10);;;/q;+2;2*-1. The van der Waals surface area contributed by atoms with Crippen LogP contribution in [-0.4, -0.2) is 61.9 Å². The van der Waals surface area contributed by atoms with Gasteiger partial charge in [0.1, 0.15) is 0 Å². The van der Waals surface area contributed by atoms with E-state index in [-0.39, 0.29) is 56.6 Å². The first-order valence-electron chi connectivity index (χ1n) is 3.04. The maximum atomic E-state index is 10.5. The van der Waals surface area contributed by atoms with Crippen LogP contribution in [0.4, 0.5) is 0 Å². The molecule has 0 aromatic heterocycles. The second-order valence-electron chi connectivity index (χ2n) is 2.29. The third-order valence-corrected chi connectivity index (χ3v) is 2.19. The van der Waals surface area contributed by atoms with Crippen molar-refractivity contribution in [1.29, 1.82) is 0 Å². The summed E-state index contributed by atoms with van der Waals surface area (Å²) in [5.41, 5.74) is 0.956. The minimum atomic E-state index is -4.02. The Hall–Kier alpha value is 0.701. The van der Waals surface area contributed by atoms with Crippen LogP contribution < -0.4 is 0 Å². The SMILES string of the molecule is Cc1ccc(S(=O)(=O)O)cc1.[Ba+2].[H-].[H-]. The van der Waals surface area contributed by atoms with Crippen molar-refractivity contribution in [3.63, 3.8) is 0 Å². The summed E-state index contributed by atoms with van der Waals surface area (Å²) in [6.07, 6.45) is 0. The number of hydrogen-bond donors (Lipinski definition) is 1. The van der Waals surface area contributed by atoms with E-state index in [4.69, 9.17) is 4.55 Å². The average molecular weight is 312 g/mol. The molecule has 5 heteroatoms. The zero-order valence-corrected chi connectivity index (χ0v) is 11.9. The van der Waals surface area contributed by atoms with E-state index in [2.05, 4.69) is 0 Å². The molecule has 3 nitrogen and oxygen atoms in total. The van der Waals surface area contributed by atoms with Crippen LogP contribution in [0.15, 0.2) is 29.2 Å². The van der Waals surface area contributed by atoms with Crippen LogP contribution in [-0.2, 0) is 10.1 Å². The molecule has 0 heterocycles. The molecule has 0 saturated carbocycles. The van der Waals surface area contributed by atoms with Gasteiger partial charge in [0.2, 0.25) is 0 Å². The van der Waals surface area contributed by atoms with Crippen molar-refractivity contribution in [2.75, 3.05) is 0 Å². The van der Waals surface area contributed by atoms with Crippen LogP contribution >= 0.6 is 0 Å². The van der Waals surface area contributed by atoms with E-state index < -0.39 is 10.1 Å². The van der Waals surface area contributed by atoms with E-state index >= 15 is 0 Å². The number of hydrogen-bond acceptors (Lipinski definition) is 2. The third-order valence-electron chi connectivity index (χ3n) is 1.32. The van der Waals surface area contributed by atoms with Crippen molar-refractivity contribution in [2.45, 2.75) is 11.8 Å². The van der Waals surface area contributed by atoms with Gasteiger partial charge in [-0.2, -0.15) is 8.42 Å². The molecule has 64 valence electrons. The topological polar surface area (TPSA) is 54.4 Å². The van der Waals surface area contributed by atoms with E-state index in [1.165, 1.54) is 12.1 Å². The molecule has 1 aromatic carbocycles. The fourth-order valence-electron chi connectivity index (χ4n) is 0.710. The molecule has 1 aromatic rings. The minimum Gasteiger partial charge on any atom is -1.00 e. The van der Waals surface area contributed by atoms with Crippen molar-refractivity contribution >= 4 is 59.0 Å². The van der Waals surface area contributed by atoms with Gasteiger partial charge in [0.15, 0.2) is 0 Å². The Bertz CT molecular complexity index is 350. The first kappa shape index (κ1) is 12.7. The van der Waals surface area contributed by atoms with E-state index in [9.17, 15) is 8.42 Å². The molecule has 0 aliphatic heterocycles. The fraction of sp³-hybridized carbons (Fsp3) is 0.143. The molecule has 0 unspecified atom stereocenters. The molecule has 0 atom stereocenters. The molecule has 0 aliphatic rings. The van der Waals surface area contributed by atoms with Gasteiger partial charge in [-0.15, -0.1) is 0 Å². The first-order chi connectivity index (χ1) is 5.00. The van der Waals surface area contributed by atoms with Gasteiger partial charge in [-0.25, -0.2) is 0 Å². The third kappa shape index (κ3) is 3.61. The van der Waals surface area contributed by atoms with Gasteiger partial charge in [0.05, 0.1) is 4.90 Å². The van der Waals surface area contributed by atoms with Crippen molar-refractivity contribution < 1.29 is 15.8 Å². The van der Waals surface area contributed by atoms with Gasteiger partial charge in [-0.1, -0.05) is 17.7 Å². The Morgan fingerprint density at radius 2 is 1.67 bits per heavy atom. The minimum absolute atomic E-state index is 0. The van der Waals surface area contributed by atoms with E-state index in [1.54, 1.807) is 12.1 Å². The van der Waals surface area contributed by atoms with Gasteiger partial charge in [0.25, 0.3) is 10.1 Å². The summed E-state index contributed by atoms with van der Waals surface area (Å²) < 4.78 is 29.6. The molecule has 0 spiro atoms. The Labute approximate surface area is 115 Å². The van der Waals surface area contributed by atoms with Gasteiger partial charge in [-0.3, -0.25) is 4.55 Å². The van der Waals surface area contributed by atoms with Gasteiger partial charge < -0.3 is 2.85 Å². The van der Waals surface area contributed by atoms with E-state index in [0.29, 0.717) is 0 Å². The molecule has 0 radical (unpaired) electrons. The monoisotopic (exact) mass is 312 g/mol. The zero-order valence-electron chi connectivity index (χ0n) is 8.69. The summed E-state index contributed by atoms with van der Waals surface area (Å²) in [4.78, 5) is -0.0666. The second-order valence-corrected chi connectivity index (χ2v) is 3.71. The molecule has 0 fully saturated rings. The maximum Gasteiger partial charge on any atom is 2.00 e. The van der Waals surface area contributed by atoms with Crippen LogP contribution in [0.25, 0.3) is 0 Å². The summed E-state index contributed by atoms with van der Waals surface area (Å²) in [7, 11) is -4.02. The van der Waals surface area contributed by atoms with Crippen molar-refractivity contribution in [3.8, 4) is 0 Å². The Kier molecular flexibility index (Phi) is 5.08. The van der Waals surface area contributed by atoms with Gasteiger partial charge in [0, 0.05) is 0 Å². The summed E-state index contributed by atoms with van der Waals surface area (Å²) in [5, 5.41) is 0. The van der Waals surface area contributed by atoms with Crippen molar-refractivity contribution in [3.05, 3.63) is 29.8 Å². The Morgan fingerprint density at radius 3 is 2.00 bits per heavy atom. The molecular weight excluding hydrogens is 301 g/mol. The predicted molar refractivity (Wildman–Crippen MR) is 49.0 cm³/mol. The van der Waals surface area contributed by atoms with Crippen LogP contribution in [0.1, 0.15) is 8.42 Å². The quantitative estimate of drug-likeness (QED) is 0.624. The van der Waals surface area contributed by atoms with Crippen LogP contribution in [0.5, 0.6) is 0 Å². The van der Waals surface area contributed by atoms with Crippen LogP contribution in [0.2, 0.25) is 0 Å². The first-order valence-corrected chi connectivity index (χ1v) is 4.48. The van der Waals surface area contributed by atoms with Crippen molar-refractivity contribution in [1.82, 2.24) is 0 Å². The van der Waals surface area contributed by atoms with Gasteiger partial charge >= 0.3 is 48.9 Å². The molecule has 1 N–H and O–H groups in total. The normalized spacial score (nSPS) is 10.5. The summed E-state index contributed by atoms with van der Waals surface area (Å²) in [6.45, 7) is 1.84. The fourth-order valence-corrected chi connectivity index (χ4v) is 1.19. The maximum absolute atomic E-state index is 10.5.